The molecule has 1 unspecified atom stereocenters. The molecule has 1 rings (SSSR count). The summed E-state index contributed by atoms with van der Waals surface area (Å²) < 4.78 is 0.593. The topological polar surface area (TPSA) is 109 Å². The van der Waals surface area contributed by atoms with E-state index >= 15 is 0 Å². The predicted octanol–water partition coefficient (Wildman–Crippen LogP) is 1.25. The molecule has 0 fully saturated rings. The van der Waals surface area contributed by atoms with Crippen LogP contribution in [-0.2, 0) is 14.4 Å². The first-order valence-corrected chi connectivity index (χ1v) is 6.83. The van der Waals surface area contributed by atoms with Gasteiger partial charge in [-0.25, -0.2) is 4.79 Å². The average Bonchev–Trinajstić information content (AvgIpc) is 2.77. The van der Waals surface area contributed by atoms with Crippen molar-refractivity contribution in [1.29, 1.82) is 0 Å². The highest BCUT2D eigenvalue weighted by Gasteiger charge is 2.19. The monoisotopic (exact) mass is 316 g/mol. The molecule has 6 nitrogen and oxygen atoms in total. The minimum atomic E-state index is -1.22. The van der Waals surface area contributed by atoms with Gasteiger partial charge in [-0.3, -0.25) is 9.59 Å². The zero-order chi connectivity index (χ0) is 15.1. The number of primary amides is 1. The lowest BCUT2D eigenvalue weighted by atomic mass is 10.1. The molecule has 0 saturated heterocycles. The quantitative estimate of drug-likeness (QED) is 0.657. The van der Waals surface area contributed by atoms with Crippen molar-refractivity contribution in [2.45, 2.75) is 18.9 Å². The number of carbonyl (C=O) groups excluding carboxylic acids is 2. The summed E-state index contributed by atoms with van der Waals surface area (Å²) in [5.41, 5.74) is 4.94. The summed E-state index contributed by atoms with van der Waals surface area (Å²) in [6, 6.07) is 2.28. The molecule has 0 bridgehead atoms. The molecule has 0 radical (unpaired) electrons. The van der Waals surface area contributed by atoms with E-state index in [9.17, 15) is 14.4 Å². The van der Waals surface area contributed by atoms with Crippen molar-refractivity contribution >= 4 is 46.8 Å². The van der Waals surface area contributed by atoms with Gasteiger partial charge in [-0.15, -0.1) is 11.3 Å². The highest BCUT2D eigenvalue weighted by Crippen LogP contribution is 2.22. The number of nitrogens with one attached hydrogen (secondary N) is 1. The zero-order valence-corrected chi connectivity index (χ0v) is 11.9. The molecule has 1 aromatic rings. The maximum absolute atomic E-state index is 11.6. The molecule has 20 heavy (non-hydrogen) atoms. The predicted molar refractivity (Wildman–Crippen MR) is 76.4 cm³/mol. The summed E-state index contributed by atoms with van der Waals surface area (Å²) in [5, 5.41) is 11.2. The number of thiophene rings is 1. The van der Waals surface area contributed by atoms with Crippen LogP contribution in [0.1, 0.15) is 17.7 Å². The van der Waals surface area contributed by atoms with Crippen molar-refractivity contribution in [3.63, 3.8) is 0 Å². The lowest BCUT2D eigenvalue weighted by Gasteiger charge is -2.11. The van der Waals surface area contributed by atoms with Gasteiger partial charge in [0.25, 0.3) is 0 Å². The summed E-state index contributed by atoms with van der Waals surface area (Å²) in [6.07, 6.45) is 2.58. The van der Waals surface area contributed by atoms with Crippen LogP contribution in [0.15, 0.2) is 18.2 Å². The molecule has 1 heterocycles. The van der Waals surface area contributed by atoms with E-state index < -0.39 is 23.8 Å². The lowest BCUT2D eigenvalue weighted by Crippen LogP contribution is -2.40. The number of hydrogen-bond donors (Lipinski definition) is 3. The van der Waals surface area contributed by atoms with E-state index in [1.165, 1.54) is 23.5 Å². The van der Waals surface area contributed by atoms with Gasteiger partial charge in [0.2, 0.25) is 11.8 Å². The van der Waals surface area contributed by atoms with E-state index in [0.717, 1.165) is 4.88 Å². The Morgan fingerprint density at radius 3 is 2.65 bits per heavy atom. The molecule has 0 saturated carbocycles. The first kappa shape index (κ1) is 16.2. The molecule has 108 valence electrons. The maximum atomic E-state index is 11.6. The smallest absolute Gasteiger partial charge is 0.326 e. The molecule has 1 aromatic heterocycles. The second-order valence-corrected chi connectivity index (χ2v) is 5.63. The molecule has 0 aliphatic rings. The number of carboxylic acid groups (broad SMARTS) is 1. The standard InChI is InChI=1S/C12H13ClN2O4S/c13-9-4-1-7(20-9)2-6-11(17)15-8(12(18)19)3-5-10(14)16/h1-2,4,6,8H,3,5H2,(H2,14,16)(H,15,17)(H,18,19)/b6-2+. The van der Waals surface area contributed by atoms with Crippen LogP contribution < -0.4 is 11.1 Å². The lowest BCUT2D eigenvalue weighted by molar-refractivity contribution is -0.141. The zero-order valence-electron chi connectivity index (χ0n) is 10.3. The van der Waals surface area contributed by atoms with Gasteiger partial charge >= 0.3 is 5.97 Å². The number of amides is 2. The van der Waals surface area contributed by atoms with Gasteiger partial charge in [0.15, 0.2) is 0 Å². The van der Waals surface area contributed by atoms with Crippen LogP contribution in [0.4, 0.5) is 0 Å². The largest absolute Gasteiger partial charge is 0.480 e. The van der Waals surface area contributed by atoms with Crippen molar-refractivity contribution in [2.24, 2.45) is 5.73 Å². The molecule has 0 aliphatic carbocycles. The molecule has 1 atom stereocenters. The Hall–Kier alpha value is -1.86. The Morgan fingerprint density at radius 1 is 1.45 bits per heavy atom. The average molecular weight is 317 g/mol. The van der Waals surface area contributed by atoms with Crippen molar-refractivity contribution in [1.82, 2.24) is 5.32 Å². The first-order valence-electron chi connectivity index (χ1n) is 5.63. The van der Waals surface area contributed by atoms with Crippen LogP contribution in [0, 0.1) is 0 Å². The minimum absolute atomic E-state index is 0.0466. The summed E-state index contributed by atoms with van der Waals surface area (Å²) >= 11 is 7.03. The third-order valence-corrected chi connectivity index (χ3v) is 3.48. The molecule has 0 aromatic carbocycles. The Bertz CT molecular complexity index is 541. The van der Waals surface area contributed by atoms with E-state index in [1.54, 1.807) is 12.1 Å². The van der Waals surface area contributed by atoms with Crippen molar-refractivity contribution in [3.8, 4) is 0 Å². The summed E-state index contributed by atoms with van der Waals surface area (Å²) in [7, 11) is 0. The second-order valence-electron chi connectivity index (χ2n) is 3.88. The van der Waals surface area contributed by atoms with Crippen LogP contribution in [0.3, 0.4) is 0 Å². The van der Waals surface area contributed by atoms with E-state index in [4.69, 9.17) is 22.4 Å². The second kappa shape index (κ2) is 7.66. The van der Waals surface area contributed by atoms with Gasteiger partial charge in [0.1, 0.15) is 6.04 Å². The molecule has 0 aliphatic heterocycles. The third kappa shape index (κ3) is 5.85. The Kier molecular flexibility index (Phi) is 6.20. The van der Waals surface area contributed by atoms with E-state index in [-0.39, 0.29) is 12.8 Å². The third-order valence-electron chi connectivity index (χ3n) is 2.29. The SMILES string of the molecule is NC(=O)CCC(NC(=O)/C=C/c1ccc(Cl)s1)C(=O)O. The van der Waals surface area contributed by atoms with Gasteiger partial charge < -0.3 is 16.2 Å². The number of nitrogens with two attached hydrogens (primary N) is 1. The molecular formula is C12H13ClN2O4S. The number of carbonyl (C=O) groups is 3. The molecule has 2 amide bonds. The van der Waals surface area contributed by atoms with E-state index in [2.05, 4.69) is 5.32 Å². The molecule has 8 heteroatoms. The van der Waals surface area contributed by atoms with Crippen LogP contribution in [-0.4, -0.2) is 28.9 Å². The van der Waals surface area contributed by atoms with Crippen LogP contribution in [0.25, 0.3) is 6.08 Å². The highest BCUT2D eigenvalue weighted by molar-refractivity contribution is 7.17. The van der Waals surface area contributed by atoms with Crippen LogP contribution >= 0.6 is 22.9 Å². The summed E-state index contributed by atoms with van der Waals surface area (Å²) in [6.45, 7) is 0. The summed E-state index contributed by atoms with van der Waals surface area (Å²) in [5.74, 6) is -2.40. The first-order chi connectivity index (χ1) is 9.38. The van der Waals surface area contributed by atoms with Gasteiger partial charge in [0, 0.05) is 17.4 Å². The van der Waals surface area contributed by atoms with E-state index in [1.807, 2.05) is 0 Å². The number of aliphatic carboxylic acids is 1. The minimum Gasteiger partial charge on any atom is -0.480 e. The molecular weight excluding hydrogens is 304 g/mol. The maximum Gasteiger partial charge on any atom is 0.326 e. The van der Waals surface area contributed by atoms with Crippen molar-refractivity contribution in [2.75, 3.05) is 0 Å². The fourth-order valence-corrected chi connectivity index (χ4v) is 2.30. The molecule has 0 spiro atoms. The number of halogens is 1. The number of carboxylic acids is 1. The van der Waals surface area contributed by atoms with Crippen LogP contribution in [0.5, 0.6) is 0 Å². The fraction of sp³-hybridized carbons (Fsp3) is 0.250. The van der Waals surface area contributed by atoms with E-state index in [0.29, 0.717) is 4.34 Å². The van der Waals surface area contributed by atoms with Crippen LogP contribution in [0.2, 0.25) is 4.34 Å². The Labute approximate surface area is 124 Å². The fourth-order valence-electron chi connectivity index (χ4n) is 1.34. The number of rotatable bonds is 7. The molecule has 4 N–H and O–H groups in total. The van der Waals surface area contributed by atoms with Crippen molar-refractivity contribution in [3.05, 3.63) is 27.4 Å². The Morgan fingerprint density at radius 2 is 2.15 bits per heavy atom. The van der Waals surface area contributed by atoms with Gasteiger partial charge in [-0.05, 0) is 24.6 Å². The Balaban J connectivity index is 2.55. The van der Waals surface area contributed by atoms with Gasteiger partial charge in [0.05, 0.1) is 4.34 Å². The van der Waals surface area contributed by atoms with Crippen molar-refractivity contribution < 1.29 is 19.5 Å². The van der Waals surface area contributed by atoms with Gasteiger partial charge in [-0.2, -0.15) is 0 Å². The highest BCUT2D eigenvalue weighted by atomic mass is 35.5. The van der Waals surface area contributed by atoms with Gasteiger partial charge in [-0.1, -0.05) is 11.6 Å². The number of hydrogen-bond acceptors (Lipinski definition) is 4. The normalized spacial score (nSPS) is 12.2. The summed E-state index contributed by atoms with van der Waals surface area (Å²) in [4.78, 5) is 33.9.